The number of carbonyl (C=O) groups excluding carboxylic acids is 1. The zero-order valence-corrected chi connectivity index (χ0v) is 16.2. The molecule has 0 rings (SSSR count). The first-order chi connectivity index (χ1) is 11.5. The molecule has 0 bridgehead atoms. The summed E-state index contributed by atoms with van der Waals surface area (Å²) < 4.78 is 10.7. The Morgan fingerprint density at radius 2 is 1.33 bits per heavy atom. The summed E-state index contributed by atoms with van der Waals surface area (Å²) >= 11 is 0. The van der Waals surface area contributed by atoms with E-state index in [0.717, 1.165) is 19.6 Å². The van der Waals surface area contributed by atoms with Gasteiger partial charge in [0.05, 0.1) is 6.61 Å². The van der Waals surface area contributed by atoms with Crippen molar-refractivity contribution in [1.29, 1.82) is 0 Å². The molecule has 0 aliphatic rings. The van der Waals surface area contributed by atoms with Gasteiger partial charge >= 0.3 is 6.09 Å². The Morgan fingerprint density at radius 1 is 0.833 bits per heavy atom. The van der Waals surface area contributed by atoms with Crippen LogP contribution in [0.25, 0.3) is 0 Å². The summed E-state index contributed by atoms with van der Waals surface area (Å²) in [4.78, 5) is 11.4. The number of alkyl carbamates (subject to hydrolysis) is 1. The van der Waals surface area contributed by atoms with Gasteiger partial charge in [0.15, 0.2) is 0 Å². The van der Waals surface area contributed by atoms with Crippen LogP contribution in [-0.4, -0.2) is 38.0 Å². The molecule has 0 unspecified atom stereocenters. The molecular formula is C19H40N2O3. The normalized spacial score (nSPS) is 11.5. The fourth-order valence-corrected chi connectivity index (χ4v) is 2.40. The average molecular weight is 345 g/mol. The van der Waals surface area contributed by atoms with Gasteiger partial charge in [-0.15, -0.1) is 0 Å². The Kier molecular flexibility index (Phi) is 15.2. The van der Waals surface area contributed by atoms with E-state index < -0.39 is 5.60 Å². The monoisotopic (exact) mass is 344 g/mol. The fraction of sp³-hybridized carbons (Fsp3) is 0.947. The van der Waals surface area contributed by atoms with Crippen LogP contribution >= 0.6 is 0 Å². The van der Waals surface area contributed by atoms with E-state index in [1.54, 1.807) is 0 Å². The third-order valence-electron chi connectivity index (χ3n) is 3.66. The van der Waals surface area contributed by atoms with Crippen molar-refractivity contribution < 1.29 is 14.3 Å². The molecule has 144 valence electrons. The number of unbranched alkanes of at least 4 members (excludes halogenated alkanes) is 9. The topological polar surface area (TPSA) is 73.6 Å². The molecule has 0 saturated carbocycles. The number of hydrogen-bond acceptors (Lipinski definition) is 4. The van der Waals surface area contributed by atoms with Crippen LogP contribution in [-0.2, 0) is 9.47 Å². The minimum Gasteiger partial charge on any atom is -0.444 e. The van der Waals surface area contributed by atoms with Gasteiger partial charge in [-0.1, -0.05) is 51.4 Å². The molecule has 0 atom stereocenters. The van der Waals surface area contributed by atoms with Crippen LogP contribution in [0.5, 0.6) is 0 Å². The van der Waals surface area contributed by atoms with E-state index >= 15 is 0 Å². The SMILES string of the molecule is CC(C)(C)OC(=O)NCCOCCCCCCCCCCCCN. The van der Waals surface area contributed by atoms with Crippen LogP contribution in [0.1, 0.15) is 85.0 Å². The second-order valence-corrected chi connectivity index (χ2v) is 7.37. The molecular weight excluding hydrogens is 304 g/mol. The summed E-state index contributed by atoms with van der Waals surface area (Å²) in [6.45, 7) is 8.20. The van der Waals surface area contributed by atoms with Crippen LogP contribution in [0, 0.1) is 0 Å². The smallest absolute Gasteiger partial charge is 0.407 e. The lowest BCUT2D eigenvalue weighted by Gasteiger charge is -2.19. The minimum absolute atomic E-state index is 0.380. The van der Waals surface area contributed by atoms with Crippen molar-refractivity contribution in [1.82, 2.24) is 5.32 Å². The zero-order chi connectivity index (χ0) is 18.1. The number of amides is 1. The predicted molar refractivity (Wildman–Crippen MR) is 100 cm³/mol. The largest absolute Gasteiger partial charge is 0.444 e. The van der Waals surface area contributed by atoms with E-state index in [4.69, 9.17) is 15.2 Å². The van der Waals surface area contributed by atoms with Gasteiger partial charge in [0.1, 0.15) is 5.60 Å². The lowest BCUT2D eigenvalue weighted by atomic mass is 10.1. The highest BCUT2D eigenvalue weighted by Crippen LogP contribution is 2.10. The van der Waals surface area contributed by atoms with Gasteiger partial charge in [0.2, 0.25) is 0 Å². The van der Waals surface area contributed by atoms with Gasteiger partial charge in [-0.25, -0.2) is 4.79 Å². The summed E-state index contributed by atoms with van der Waals surface area (Å²) in [5.41, 5.74) is 5.03. The number of ether oxygens (including phenoxy) is 2. The maximum atomic E-state index is 11.4. The molecule has 0 aromatic rings. The van der Waals surface area contributed by atoms with E-state index in [-0.39, 0.29) is 6.09 Å². The minimum atomic E-state index is -0.449. The molecule has 1 amide bonds. The molecule has 0 fully saturated rings. The first kappa shape index (κ1) is 23.2. The van der Waals surface area contributed by atoms with E-state index in [1.165, 1.54) is 57.8 Å². The number of carbonyl (C=O) groups is 1. The van der Waals surface area contributed by atoms with Gasteiger partial charge in [0, 0.05) is 13.2 Å². The Hall–Kier alpha value is -0.810. The Balaban J connectivity index is 3.14. The van der Waals surface area contributed by atoms with Crippen molar-refractivity contribution in [3.63, 3.8) is 0 Å². The van der Waals surface area contributed by atoms with Crippen molar-refractivity contribution in [3.05, 3.63) is 0 Å². The first-order valence-electron chi connectivity index (χ1n) is 9.70. The maximum Gasteiger partial charge on any atom is 0.407 e. The standard InChI is InChI=1S/C19H40N2O3/c1-19(2,3)24-18(22)21-15-17-23-16-13-11-9-7-5-4-6-8-10-12-14-20/h4-17,20H2,1-3H3,(H,21,22). The van der Waals surface area contributed by atoms with E-state index in [1.807, 2.05) is 20.8 Å². The Morgan fingerprint density at radius 3 is 1.83 bits per heavy atom. The lowest BCUT2D eigenvalue weighted by Crippen LogP contribution is -2.34. The molecule has 24 heavy (non-hydrogen) atoms. The van der Waals surface area contributed by atoms with Gasteiger partial charge in [-0.2, -0.15) is 0 Å². The molecule has 0 aliphatic heterocycles. The van der Waals surface area contributed by atoms with E-state index in [2.05, 4.69) is 5.32 Å². The highest BCUT2D eigenvalue weighted by molar-refractivity contribution is 5.67. The predicted octanol–water partition coefficient (Wildman–Crippen LogP) is 4.39. The van der Waals surface area contributed by atoms with Crippen molar-refractivity contribution >= 4 is 6.09 Å². The van der Waals surface area contributed by atoms with Gasteiger partial charge < -0.3 is 20.5 Å². The number of hydrogen-bond donors (Lipinski definition) is 2. The lowest BCUT2D eigenvalue weighted by molar-refractivity contribution is 0.0498. The first-order valence-corrected chi connectivity index (χ1v) is 9.70. The highest BCUT2D eigenvalue weighted by Gasteiger charge is 2.15. The van der Waals surface area contributed by atoms with Crippen molar-refractivity contribution in [2.24, 2.45) is 5.73 Å². The number of nitrogens with one attached hydrogen (secondary N) is 1. The number of nitrogens with two attached hydrogens (primary N) is 1. The quantitative estimate of drug-likeness (QED) is 0.432. The molecule has 0 aromatic heterocycles. The summed E-state index contributed by atoms with van der Waals surface area (Å²) in [7, 11) is 0. The molecule has 3 N–H and O–H groups in total. The van der Waals surface area contributed by atoms with Gasteiger partial charge in [0.25, 0.3) is 0 Å². The summed E-state index contributed by atoms with van der Waals surface area (Å²) in [5.74, 6) is 0. The van der Waals surface area contributed by atoms with Gasteiger partial charge in [-0.3, -0.25) is 0 Å². The fourth-order valence-electron chi connectivity index (χ4n) is 2.40. The van der Waals surface area contributed by atoms with Crippen LogP contribution in [0.15, 0.2) is 0 Å². The second kappa shape index (κ2) is 15.7. The van der Waals surface area contributed by atoms with Crippen molar-refractivity contribution in [2.75, 3.05) is 26.3 Å². The molecule has 0 aromatic carbocycles. The van der Waals surface area contributed by atoms with E-state index in [0.29, 0.717) is 13.2 Å². The van der Waals surface area contributed by atoms with Gasteiger partial charge in [-0.05, 0) is 40.2 Å². The third kappa shape index (κ3) is 19.2. The average Bonchev–Trinajstić information content (AvgIpc) is 2.49. The maximum absolute atomic E-state index is 11.4. The van der Waals surface area contributed by atoms with Crippen LogP contribution in [0.3, 0.4) is 0 Å². The molecule has 0 saturated heterocycles. The molecule has 0 aliphatic carbocycles. The Bertz CT molecular complexity index is 291. The summed E-state index contributed by atoms with van der Waals surface area (Å²) in [6.07, 6.45) is 12.4. The van der Waals surface area contributed by atoms with Crippen molar-refractivity contribution in [3.8, 4) is 0 Å². The second-order valence-electron chi connectivity index (χ2n) is 7.37. The molecule has 0 heterocycles. The molecule has 0 radical (unpaired) electrons. The van der Waals surface area contributed by atoms with Crippen LogP contribution < -0.4 is 11.1 Å². The summed E-state index contributed by atoms with van der Waals surface area (Å²) in [6, 6.07) is 0. The molecule has 5 heteroatoms. The van der Waals surface area contributed by atoms with E-state index in [9.17, 15) is 4.79 Å². The number of rotatable bonds is 15. The highest BCUT2D eigenvalue weighted by atomic mass is 16.6. The molecule has 0 spiro atoms. The van der Waals surface area contributed by atoms with Crippen LogP contribution in [0.2, 0.25) is 0 Å². The third-order valence-corrected chi connectivity index (χ3v) is 3.66. The molecule has 5 nitrogen and oxygen atoms in total. The van der Waals surface area contributed by atoms with Crippen molar-refractivity contribution in [2.45, 2.75) is 90.6 Å². The van der Waals surface area contributed by atoms with Crippen LogP contribution in [0.4, 0.5) is 4.79 Å². The Labute approximate surface area is 149 Å². The summed E-state index contributed by atoms with van der Waals surface area (Å²) in [5, 5.41) is 2.69. The zero-order valence-electron chi connectivity index (χ0n) is 16.2.